The van der Waals surface area contributed by atoms with Gasteiger partial charge in [0.15, 0.2) is 11.1 Å². The van der Waals surface area contributed by atoms with E-state index < -0.39 is 0 Å². The van der Waals surface area contributed by atoms with Crippen LogP contribution >= 0.6 is 0 Å². The molecular formula is C18H20N4O2. The van der Waals surface area contributed by atoms with Crippen LogP contribution < -0.4 is 20.7 Å². The molecule has 0 unspecified atom stereocenters. The number of ether oxygens (including phenoxy) is 1. The average Bonchev–Trinajstić information content (AvgIpc) is 3.18. The number of hydrogen-bond donors (Lipinski definition) is 2. The predicted octanol–water partition coefficient (Wildman–Crippen LogP) is 3.81. The molecule has 0 radical (unpaired) electrons. The monoisotopic (exact) mass is 324 g/mol. The van der Waals surface area contributed by atoms with Crippen LogP contribution in [-0.2, 0) is 0 Å². The lowest BCUT2D eigenvalue weighted by Gasteiger charge is -2.19. The molecule has 4 rings (SSSR count). The van der Waals surface area contributed by atoms with E-state index in [1.165, 1.54) is 0 Å². The van der Waals surface area contributed by atoms with E-state index in [0.717, 1.165) is 34.6 Å². The molecule has 0 aliphatic carbocycles. The second-order valence-corrected chi connectivity index (χ2v) is 6.30. The summed E-state index contributed by atoms with van der Waals surface area (Å²) >= 11 is 0. The zero-order valence-corrected chi connectivity index (χ0v) is 14.0. The van der Waals surface area contributed by atoms with Gasteiger partial charge in [-0.2, -0.15) is 0 Å². The van der Waals surface area contributed by atoms with Crippen molar-refractivity contribution in [3.63, 3.8) is 0 Å². The summed E-state index contributed by atoms with van der Waals surface area (Å²) in [4.78, 5) is 4.59. The van der Waals surface area contributed by atoms with Gasteiger partial charge in [0, 0.05) is 12.1 Å². The number of para-hydroxylation sites is 1. The fraction of sp³-hybridized carbons (Fsp3) is 0.278. The van der Waals surface area contributed by atoms with E-state index in [0.29, 0.717) is 17.6 Å². The van der Waals surface area contributed by atoms with Crippen molar-refractivity contribution in [2.75, 3.05) is 24.1 Å². The minimum absolute atomic E-state index is 0.564. The first kappa shape index (κ1) is 14.8. The molecule has 0 atom stereocenters. The lowest BCUT2D eigenvalue weighted by atomic mass is 10.1. The van der Waals surface area contributed by atoms with Crippen molar-refractivity contribution in [2.45, 2.75) is 13.8 Å². The minimum Gasteiger partial charge on any atom is -0.494 e. The third-order valence-electron chi connectivity index (χ3n) is 4.01. The molecule has 0 saturated carbocycles. The van der Waals surface area contributed by atoms with E-state index in [9.17, 15) is 0 Å². The lowest BCUT2D eigenvalue weighted by molar-refractivity contribution is 0.419. The van der Waals surface area contributed by atoms with E-state index in [1.807, 2.05) is 30.3 Å². The number of fused-ring (bicyclic) bond motifs is 2. The van der Waals surface area contributed by atoms with Crippen LogP contribution in [0.4, 0.5) is 11.4 Å². The molecule has 6 nitrogen and oxygen atoms in total. The Labute approximate surface area is 140 Å². The molecule has 6 heteroatoms. The molecule has 1 aliphatic heterocycles. The molecule has 0 amide bonds. The van der Waals surface area contributed by atoms with Gasteiger partial charge >= 0.3 is 0 Å². The third kappa shape index (κ3) is 2.45. The van der Waals surface area contributed by atoms with Crippen LogP contribution in [0.2, 0.25) is 0 Å². The molecule has 2 heterocycles. The first-order valence-corrected chi connectivity index (χ1v) is 8.03. The highest BCUT2D eigenvalue weighted by Gasteiger charge is 2.21. The highest BCUT2D eigenvalue weighted by atomic mass is 16.5. The number of anilines is 2. The van der Waals surface area contributed by atoms with Crippen molar-refractivity contribution in [1.29, 1.82) is 0 Å². The maximum Gasteiger partial charge on any atom is 0.227 e. The van der Waals surface area contributed by atoms with Gasteiger partial charge in [0.2, 0.25) is 5.89 Å². The largest absolute Gasteiger partial charge is 0.494 e. The molecule has 0 fully saturated rings. The van der Waals surface area contributed by atoms with Crippen LogP contribution in [0.1, 0.15) is 13.8 Å². The molecule has 3 aromatic rings. The summed E-state index contributed by atoms with van der Waals surface area (Å²) in [6.45, 7) is 5.32. The zero-order chi connectivity index (χ0) is 16.7. The summed E-state index contributed by atoms with van der Waals surface area (Å²) in [5.41, 5.74) is 10.9. The molecule has 2 N–H and O–H groups in total. The van der Waals surface area contributed by atoms with E-state index >= 15 is 0 Å². The second kappa shape index (κ2) is 5.72. The predicted molar refractivity (Wildman–Crippen MR) is 94.9 cm³/mol. The van der Waals surface area contributed by atoms with E-state index in [-0.39, 0.29) is 0 Å². The Balaban J connectivity index is 1.71. The number of rotatable bonds is 4. The van der Waals surface area contributed by atoms with Crippen molar-refractivity contribution in [3.8, 4) is 17.2 Å². The summed E-state index contributed by atoms with van der Waals surface area (Å²) in [6, 6.07) is 11.8. The fourth-order valence-electron chi connectivity index (χ4n) is 2.91. The van der Waals surface area contributed by atoms with Crippen LogP contribution in [0.5, 0.6) is 5.75 Å². The van der Waals surface area contributed by atoms with E-state index in [4.69, 9.17) is 9.15 Å². The Morgan fingerprint density at radius 3 is 2.92 bits per heavy atom. The van der Waals surface area contributed by atoms with Crippen molar-refractivity contribution in [1.82, 2.24) is 10.5 Å². The molecule has 2 aromatic carbocycles. The van der Waals surface area contributed by atoms with Crippen LogP contribution in [0.25, 0.3) is 22.6 Å². The van der Waals surface area contributed by atoms with Gasteiger partial charge in [0.25, 0.3) is 0 Å². The van der Waals surface area contributed by atoms with Gasteiger partial charge in [-0.1, -0.05) is 19.9 Å². The van der Waals surface area contributed by atoms with Gasteiger partial charge in [0.05, 0.1) is 18.5 Å². The number of aromatic nitrogens is 1. The topological polar surface area (TPSA) is 62.6 Å². The second-order valence-electron chi connectivity index (χ2n) is 6.30. The minimum atomic E-state index is 0.564. The molecule has 1 aromatic heterocycles. The molecule has 0 bridgehead atoms. The van der Waals surface area contributed by atoms with E-state index in [1.54, 1.807) is 7.11 Å². The Morgan fingerprint density at radius 2 is 2.12 bits per heavy atom. The summed E-state index contributed by atoms with van der Waals surface area (Å²) in [7, 11) is 1.64. The average molecular weight is 324 g/mol. The summed E-state index contributed by atoms with van der Waals surface area (Å²) in [6.07, 6.45) is 0. The van der Waals surface area contributed by atoms with Crippen LogP contribution in [-0.4, -0.2) is 18.6 Å². The number of benzene rings is 2. The van der Waals surface area contributed by atoms with Gasteiger partial charge < -0.3 is 14.6 Å². The summed E-state index contributed by atoms with van der Waals surface area (Å²) < 4.78 is 11.2. The van der Waals surface area contributed by atoms with Crippen molar-refractivity contribution < 1.29 is 9.15 Å². The Bertz CT molecular complexity index is 888. The molecule has 1 aliphatic rings. The Morgan fingerprint density at radius 1 is 1.25 bits per heavy atom. The molecule has 124 valence electrons. The van der Waals surface area contributed by atoms with Crippen LogP contribution in [0, 0.1) is 5.92 Å². The Hall–Kier alpha value is -2.73. The van der Waals surface area contributed by atoms with Crippen molar-refractivity contribution in [2.24, 2.45) is 5.92 Å². The SMILES string of the molecule is COc1cccc2oc(-c3ccc4c(c3)NNN4CC(C)C)nc12. The van der Waals surface area contributed by atoms with Crippen LogP contribution in [0.3, 0.4) is 0 Å². The number of hydrazine groups is 2. The quantitative estimate of drug-likeness (QED) is 0.761. The number of nitrogens with one attached hydrogen (secondary N) is 2. The van der Waals surface area contributed by atoms with Gasteiger partial charge in [-0.05, 0) is 36.2 Å². The molecule has 0 saturated heterocycles. The van der Waals surface area contributed by atoms with Crippen LogP contribution in [0.15, 0.2) is 40.8 Å². The first-order chi connectivity index (χ1) is 11.7. The maximum atomic E-state index is 5.89. The lowest BCUT2D eigenvalue weighted by Crippen LogP contribution is -2.38. The maximum absolute atomic E-state index is 5.89. The van der Waals surface area contributed by atoms with Gasteiger partial charge in [-0.25, -0.2) is 4.98 Å². The standard InChI is InChI=1S/C18H20N4O2/c1-11(2)10-22-14-8-7-12(9-13(14)20-21-22)18-19-17-15(23-3)5-4-6-16(17)24-18/h4-9,11,20-21H,10H2,1-3H3. The number of methoxy groups -OCH3 is 1. The molecule has 24 heavy (non-hydrogen) atoms. The van der Waals surface area contributed by atoms with Crippen molar-refractivity contribution in [3.05, 3.63) is 36.4 Å². The first-order valence-electron chi connectivity index (χ1n) is 8.03. The summed E-state index contributed by atoms with van der Waals surface area (Å²) in [5.74, 6) is 1.86. The number of nitrogens with zero attached hydrogens (tertiary/aromatic N) is 2. The van der Waals surface area contributed by atoms with E-state index in [2.05, 4.69) is 40.9 Å². The third-order valence-corrected chi connectivity index (χ3v) is 4.01. The highest BCUT2D eigenvalue weighted by Crippen LogP contribution is 2.35. The molecule has 0 spiro atoms. The van der Waals surface area contributed by atoms with Gasteiger partial charge in [-0.3, -0.25) is 5.01 Å². The van der Waals surface area contributed by atoms with Gasteiger partial charge in [0.1, 0.15) is 5.75 Å². The van der Waals surface area contributed by atoms with Gasteiger partial charge in [-0.15, -0.1) is 5.53 Å². The Kier molecular flexibility index (Phi) is 3.54. The molecular weight excluding hydrogens is 304 g/mol. The summed E-state index contributed by atoms with van der Waals surface area (Å²) in [5, 5.41) is 2.11. The smallest absolute Gasteiger partial charge is 0.227 e. The number of oxazole rings is 1. The van der Waals surface area contributed by atoms with Crippen molar-refractivity contribution >= 4 is 22.5 Å². The zero-order valence-electron chi connectivity index (χ0n) is 14.0. The number of hydrogen-bond acceptors (Lipinski definition) is 6. The fourth-order valence-corrected chi connectivity index (χ4v) is 2.91. The highest BCUT2D eigenvalue weighted by molar-refractivity contribution is 5.84. The normalized spacial score (nSPS) is 13.4.